The molecule has 0 unspecified atom stereocenters. The Morgan fingerprint density at radius 3 is 2.65 bits per heavy atom. The normalized spacial score (nSPS) is 9.94. The summed E-state index contributed by atoms with van der Waals surface area (Å²) in [5.41, 5.74) is 0.799. The van der Waals surface area contributed by atoms with E-state index >= 15 is 0 Å². The molecule has 0 bridgehead atoms. The first-order valence-corrected chi connectivity index (χ1v) is 5.01. The van der Waals surface area contributed by atoms with Gasteiger partial charge in [-0.3, -0.25) is 15.1 Å². The van der Waals surface area contributed by atoms with Crippen molar-refractivity contribution in [3.63, 3.8) is 0 Å². The van der Waals surface area contributed by atoms with Gasteiger partial charge in [0.1, 0.15) is 5.75 Å². The van der Waals surface area contributed by atoms with Crippen molar-refractivity contribution in [1.82, 2.24) is 4.98 Å². The van der Waals surface area contributed by atoms with E-state index in [2.05, 4.69) is 4.98 Å². The quantitative estimate of drug-likeness (QED) is 0.600. The fraction of sp³-hybridized carbons (Fsp3) is 0.0833. The molecule has 17 heavy (non-hydrogen) atoms. The molecule has 0 atom stereocenters. The summed E-state index contributed by atoms with van der Waals surface area (Å²) in [5.74, 6) is 0.688. The maximum absolute atomic E-state index is 10.8. The maximum Gasteiger partial charge on any atom is 0.311 e. The molecular formula is C12H10N2O3. The Balaban J connectivity index is 2.30. The first-order valence-electron chi connectivity index (χ1n) is 5.01. The molecule has 1 aromatic carbocycles. The van der Waals surface area contributed by atoms with E-state index in [4.69, 9.17) is 4.74 Å². The second-order valence-corrected chi connectivity index (χ2v) is 3.46. The zero-order chi connectivity index (χ0) is 12.3. The SMILES string of the molecule is Cc1ccc(Oc2ccccc2[N+](=O)[O-])cn1. The summed E-state index contributed by atoms with van der Waals surface area (Å²) in [6, 6.07) is 9.74. The Kier molecular flexibility index (Phi) is 3.00. The standard InChI is InChI=1S/C12H10N2O3/c1-9-6-7-10(8-13-9)17-12-5-3-2-4-11(12)14(15)16/h2-8H,1H3. The van der Waals surface area contributed by atoms with Crippen LogP contribution < -0.4 is 4.74 Å². The van der Waals surface area contributed by atoms with Crippen LogP contribution in [-0.4, -0.2) is 9.91 Å². The summed E-state index contributed by atoms with van der Waals surface area (Å²) >= 11 is 0. The Labute approximate surface area is 97.8 Å². The van der Waals surface area contributed by atoms with Crippen LogP contribution in [0.15, 0.2) is 42.6 Å². The van der Waals surface area contributed by atoms with E-state index in [1.807, 2.05) is 6.92 Å². The van der Waals surface area contributed by atoms with E-state index in [9.17, 15) is 10.1 Å². The molecule has 2 aromatic rings. The zero-order valence-electron chi connectivity index (χ0n) is 9.16. The van der Waals surface area contributed by atoms with E-state index in [0.717, 1.165) is 5.69 Å². The number of nitrogens with zero attached hydrogens (tertiary/aromatic N) is 2. The third kappa shape index (κ3) is 2.57. The number of aromatic nitrogens is 1. The molecule has 1 heterocycles. The van der Waals surface area contributed by atoms with Crippen molar-refractivity contribution < 1.29 is 9.66 Å². The van der Waals surface area contributed by atoms with Gasteiger partial charge in [0.15, 0.2) is 0 Å². The fourth-order valence-electron chi connectivity index (χ4n) is 1.34. The summed E-state index contributed by atoms with van der Waals surface area (Å²) in [6.45, 7) is 1.86. The summed E-state index contributed by atoms with van der Waals surface area (Å²) in [6.07, 6.45) is 1.53. The van der Waals surface area contributed by atoms with Crippen LogP contribution in [0.4, 0.5) is 5.69 Å². The lowest BCUT2D eigenvalue weighted by Crippen LogP contribution is -1.93. The smallest absolute Gasteiger partial charge is 0.311 e. The third-order valence-corrected chi connectivity index (χ3v) is 2.17. The minimum absolute atomic E-state index is 0.0620. The molecule has 0 fully saturated rings. The Bertz CT molecular complexity index is 538. The molecule has 5 nitrogen and oxygen atoms in total. The number of aryl methyl sites for hydroxylation is 1. The van der Waals surface area contributed by atoms with E-state index < -0.39 is 4.92 Å². The third-order valence-electron chi connectivity index (χ3n) is 2.17. The van der Waals surface area contributed by atoms with E-state index in [0.29, 0.717) is 5.75 Å². The second kappa shape index (κ2) is 4.61. The van der Waals surface area contributed by atoms with Crippen molar-refractivity contribution in [2.24, 2.45) is 0 Å². The summed E-state index contributed by atoms with van der Waals surface area (Å²) in [4.78, 5) is 14.4. The molecule has 0 saturated heterocycles. The van der Waals surface area contributed by atoms with Crippen molar-refractivity contribution in [3.8, 4) is 11.5 Å². The highest BCUT2D eigenvalue weighted by Crippen LogP contribution is 2.30. The van der Waals surface area contributed by atoms with Crippen molar-refractivity contribution in [3.05, 3.63) is 58.4 Å². The average Bonchev–Trinajstić information content (AvgIpc) is 2.32. The van der Waals surface area contributed by atoms with Gasteiger partial charge >= 0.3 is 5.69 Å². The molecule has 0 spiro atoms. The molecule has 2 rings (SSSR count). The largest absolute Gasteiger partial charge is 0.449 e. The van der Waals surface area contributed by atoms with Crippen molar-refractivity contribution in [2.45, 2.75) is 6.92 Å². The molecule has 1 aromatic heterocycles. The number of nitro benzene ring substituents is 1. The lowest BCUT2D eigenvalue weighted by molar-refractivity contribution is -0.385. The highest BCUT2D eigenvalue weighted by molar-refractivity contribution is 5.47. The number of nitro groups is 1. The molecule has 0 aliphatic heterocycles. The number of ether oxygens (including phenoxy) is 1. The van der Waals surface area contributed by atoms with Crippen molar-refractivity contribution in [1.29, 1.82) is 0 Å². The average molecular weight is 230 g/mol. The molecule has 0 radical (unpaired) electrons. The summed E-state index contributed by atoms with van der Waals surface area (Å²) in [7, 11) is 0. The number of pyridine rings is 1. The van der Waals surface area contributed by atoms with Gasteiger partial charge in [0.05, 0.1) is 11.1 Å². The molecule has 0 aliphatic rings. The van der Waals surface area contributed by atoms with Crippen LogP contribution in [0.5, 0.6) is 11.5 Å². The number of rotatable bonds is 3. The van der Waals surface area contributed by atoms with Gasteiger partial charge in [0, 0.05) is 11.8 Å². The van der Waals surface area contributed by atoms with E-state index in [1.54, 1.807) is 30.3 Å². The van der Waals surface area contributed by atoms with Crippen LogP contribution in [0, 0.1) is 17.0 Å². The van der Waals surface area contributed by atoms with E-state index in [-0.39, 0.29) is 11.4 Å². The van der Waals surface area contributed by atoms with Crippen LogP contribution >= 0.6 is 0 Å². The Hall–Kier alpha value is -2.43. The summed E-state index contributed by atoms with van der Waals surface area (Å²) < 4.78 is 5.42. The van der Waals surface area contributed by atoms with Gasteiger partial charge in [-0.2, -0.15) is 0 Å². The van der Waals surface area contributed by atoms with Crippen LogP contribution in [0.3, 0.4) is 0 Å². The maximum atomic E-state index is 10.8. The van der Waals surface area contributed by atoms with Crippen LogP contribution in [0.1, 0.15) is 5.69 Å². The van der Waals surface area contributed by atoms with Gasteiger partial charge in [-0.25, -0.2) is 0 Å². The molecule has 5 heteroatoms. The molecule has 0 amide bonds. The van der Waals surface area contributed by atoms with Gasteiger partial charge in [-0.15, -0.1) is 0 Å². The minimum Gasteiger partial charge on any atom is -0.449 e. The number of hydrogen-bond acceptors (Lipinski definition) is 4. The van der Waals surface area contributed by atoms with Crippen molar-refractivity contribution in [2.75, 3.05) is 0 Å². The number of benzene rings is 1. The van der Waals surface area contributed by atoms with Crippen LogP contribution in [0.25, 0.3) is 0 Å². The van der Waals surface area contributed by atoms with Gasteiger partial charge in [0.2, 0.25) is 5.75 Å². The Morgan fingerprint density at radius 2 is 2.00 bits per heavy atom. The monoisotopic (exact) mass is 230 g/mol. The molecule has 0 N–H and O–H groups in total. The topological polar surface area (TPSA) is 65.3 Å². The van der Waals surface area contributed by atoms with Crippen LogP contribution in [0.2, 0.25) is 0 Å². The number of para-hydroxylation sites is 2. The lowest BCUT2D eigenvalue weighted by atomic mass is 10.3. The molecular weight excluding hydrogens is 220 g/mol. The molecule has 86 valence electrons. The first kappa shape index (κ1) is 11.1. The van der Waals surface area contributed by atoms with Gasteiger partial charge in [0.25, 0.3) is 0 Å². The fourth-order valence-corrected chi connectivity index (χ4v) is 1.34. The minimum atomic E-state index is -0.475. The zero-order valence-corrected chi connectivity index (χ0v) is 9.16. The van der Waals surface area contributed by atoms with Crippen LogP contribution in [-0.2, 0) is 0 Å². The predicted octanol–water partition coefficient (Wildman–Crippen LogP) is 3.09. The highest BCUT2D eigenvalue weighted by Gasteiger charge is 2.14. The second-order valence-electron chi connectivity index (χ2n) is 3.46. The molecule has 0 aliphatic carbocycles. The Morgan fingerprint density at radius 1 is 1.24 bits per heavy atom. The van der Waals surface area contributed by atoms with Gasteiger partial charge in [-0.05, 0) is 25.1 Å². The lowest BCUT2D eigenvalue weighted by Gasteiger charge is -2.05. The highest BCUT2D eigenvalue weighted by atomic mass is 16.6. The van der Waals surface area contributed by atoms with Gasteiger partial charge in [-0.1, -0.05) is 12.1 Å². The molecule has 0 saturated carbocycles. The number of hydrogen-bond donors (Lipinski definition) is 0. The first-order chi connectivity index (χ1) is 8.16. The van der Waals surface area contributed by atoms with Crippen molar-refractivity contribution >= 4 is 5.69 Å². The summed E-state index contributed by atoms with van der Waals surface area (Å²) in [5, 5.41) is 10.8. The predicted molar refractivity (Wildman–Crippen MR) is 62.1 cm³/mol. The van der Waals surface area contributed by atoms with E-state index in [1.165, 1.54) is 12.3 Å². The van der Waals surface area contributed by atoms with Gasteiger partial charge < -0.3 is 4.74 Å².